The molecule has 246 valence electrons. The SMILES string of the molecule is CC(C)(C)[Si](C)(C)OCCCC(=O)CC(=O)OCCCCN(C(=O)OCc1ccccc1)/C(N)=N/C(=O)OCc1ccccc1. The molecule has 45 heavy (non-hydrogen) atoms. The third-order valence-corrected chi connectivity index (χ3v) is 11.9. The van der Waals surface area contributed by atoms with E-state index in [1.807, 2.05) is 36.4 Å². The molecule has 2 aromatic carbocycles. The molecule has 0 aliphatic rings. The third-order valence-electron chi connectivity index (χ3n) is 7.36. The van der Waals surface area contributed by atoms with Crippen LogP contribution in [0.15, 0.2) is 65.7 Å². The summed E-state index contributed by atoms with van der Waals surface area (Å²) in [5.74, 6) is -1.19. The van der Waals surface area contributed by atoms with E-state index in [0.717, 1.165) is 16.0 Å². The Hall–Kier alpha value is -4.03. The molecule has 0 saturated heterocycles. The van der Waals surface area contributed by atoms with Gasteiger partial charge in [0.1, 0.15) is 25.4 Å². The number of unbranched alkanes of at least 4 members (excludes halogenated alkanes) is 1. The number of aliphatic imine (C=N–C) groups is 1. The molecule has 0 heterocycles. The number of guanidine groups is 1. The quantitative estimate of drug-likeness (QED) is 0.0420. The highest BCUT2D eigenvalue weighted by molar-refractivity contribution is 6.74. The summed E-state index contributed by atoms with van der Waals surface area (Å²) >= 11 is 0. The van der Waals surface area contributed by atoms with Crippen molar-refractivity contribution in [1.82, 2.24) is 4.90 Å². The highest BCUT2D eigenvalue weighted by Gasteiger charge is 2.36. The van der Waals surface area contributed by atoms with E-state index in [4.69, 9.17) is 24.4 Å². The van der Waals surface area contributed by atoms with Crippen molar-refractivity contribution in [2.75, 3.05) is 19.8 Å². The summed E-state index contributed by atoms with van der Waals surface area (Å²) < 4.78 is 21.8. The van der Waals surface area contributed by atoms with Gasteiger partial charge in [0.2, 0.25) is 5.96 Å². The lowest BCUT2D eigenvalue weighted by Gasteiger charge is -2.36. The van der Waals surface area contributed by atoms with Gasteiger partial charge in [-0.05, 0) is 48.5 Å². The molecule has 0 atom stereocenters. The van der Waals surface area contributed by atoms with Crippen LogP contribution < -0.4 is 5.73 Å². The van der Waals surface area contributed by atoms with E-state index >= 15 is 0 Å². The Bertz CT molecular complexity index is 1260. The van der Waals surface area contributed by atoms with Crippen molar-refractivity contribution in [1.29, 1.82) is 0 Å². The largest absolute Gasteiger partial charge is 0.465 e. The Morgan fingerprint density at radius 3 is 1.96 bits per heavy atom. The molecule has 11 nitrogen and oxygen atoms in total. The predicted molar refractivity (Wildman–Crippen MR) is 174 cm³/mol. The van der Waals surface area contributed by atoms with Crippen molar-refractivity contribution in [3.8, 4) is 0 Å². The van der Waals surface area contributed by atoms with E-state index in [2.05, 4.69) is 38.9 Å². The first-order valence-corrected chi connectivity index (χ1v) is 18.0. The van der Waals surface area contributed by atoms with Crippen molar-refractivity contribution < 1.29 is 37.8 Å². The monoisotopic (exact) mass is 641 g/mol. The maximum Gasteiger partial charge on any atom is 0.437 e. The van der Waals surface area contributed by atoms with Gasteiger partial charge in [-0.25, -0.2) is 14.5 Å². The van der Waals surface area contributed by atoms with Crippen LogP contribution >= 0.6 is 0 Å². The van der Waals surface area contributed by atoms with Crippen LogP contribution in [0.2, 0.25) is 18.1 Å². The van der Waals surface area contributed by atoms with Crippen molar-refractivity contribution >= 4 is 38.2 Å². The summed E-state index contributed by atoms with van der Waals surface area (Å²) in [7, 11) is -1.88. The number of nitrogens with two attached hydrogens (primary N) is 1. The number of Topliss-reactive ketones (excluding diaryl/α,β-unsaturated/α-hetero) is 1. The van der Waals surface area contributed by atoms with E-state index in [-0.39, 0.29) is 56.0 Å². The fourth-order valence-electron chi connectivity index (χ4n) is 3.67. The van der Waals surface area contributed by atoms with E-state index in [9.17, 15) is 19.2 Å². The van der Waals surface area contributed by atoms with Crippen molar-refractivity contribution in [3.05, 3.63) is 71.8 Å². The Morgan fingerprint density at radius 2 is 1.38 bits per heavy atom. The third kappa shape index (κ3) is 14.5. The molecule has 0 radical (unpaired) electrons. The molecule has 2 amide bonds. The van der Waals surface area contributed by atoms with Crippen LogP contribution in [0.3, 0.4) is 0 Å². The van der Waals surface area contributed by atoms with Crippen LogP contribution in [0, 0.1) is 0 Å². The number of carbonyl (C=O) groups excluding carboxylic acids is 4. The van der Waals surface area contributed by atoms with Crippen LogP contribution in [0.4, 0.5) is 9.59 Å². The molecule has 2 rings (SSSR count). The smallest absolute Gasteiger partial charge is 0.437 e. The Balaban J connectivity index is 1.81. The minimum atomic E-state index is -1.88. The molecule has 0 aromatic heterocycles. The molecule has 0 fully saturated rings. The average molecular weight is 642 g/mol. The Labute approximate surface area is 267 Å². The Morgan fingerprint density at radius 1 is 0.800 bits per heavy atom. The topological polar surface area (TPSA) is 147 Å². The molecular weight excluding hydrogens is 594 g/mol. The molecule has 0 aliphatic heterocycles. The Kier molecular flexibility index (Phi) is 15.4. The van der Waals surface area contributed by atoms with Gasteiger partial charge in [-0.3, -0.25) is 9.59 Å². The summed E-state index contributed by atoms with van der Waals surface area (Å²) in [5, 5.41) is 0.0905. The fraction of sp³-hybridized carbons (Fsp3) is 0.485. The summed E-state index contributed by atoms with van der Waals surface area (Å²) in [4.78, 5) is 54.3. The predicted octanol–water partition coefficient (Wildman–Crippen LogP) is 6.36. The molecule has 0 unspecified atom stereocenters. The minimum Gasteiger partial charge on any atom is -0.465 e. The summed E-state index contributed by atoms with van der Waals surface area (Å²) in [6, 6.07) is 18.1. The molecule has 2 N–H and O–H groups in total. The van der Waals surface area contributed by atoms with E-state index in [1.54, 1.807) is 24.3 Å². The van der Waals surface area contributed by atoms with Gasteiger partial charge in [-0.2, -0.15) is 0 Å². The first-order chi connectivity index (χ1) is 21.3. The van der Waals surface area contributed by atoms with E-state index < -0.39 is 26.5 Å². The van der Waals surface area contributed by atoms with Crippen molar-refractivity contribution in [2.45, 2.75) is 84.2 Å². The fourth-order valence-corrected chi connectivity index (χ4v) is 4.76. The van der Waals surface area contributed by atoms with Gasteiger partial charge >= 0.3 is 18.2 Å². The lowest BCUT2D eigenvalue weighted by molar-refractivity contribution is -0.146. The zero-order valence-corrected chi connectivity index (χ0v) is 28.1. The van der Waals surface area contributed by atoms with Gasteiger partial charge in [-0.15, -0.1) is 4.99 Å². The lowest BCUT2D eigenvalue weighted by Crippen LogP contribution is -2.43. The molecular formula is C33H47N3O8Si. The number of nitrogens with zero attached hydrogens (tertiary/aromatic N) is 2. The molecule has 0 spiro atoms. The van der Waals surface area contributed by atoms with Crippen molar-refractivity contribution in [3.63, 3.8) is 0 Å². The standard InChI is InChI=1S/C33H47N3O8Si/c1-33(2,3)45(4,5)44-22-14-19-28(37)23-29(38)41-21-13-12-20-36(32(40)43-25-27-17-10-7-11-18-27)30(34)35-31(39)42-24-26-15-8-6-9-16-26/h6-11,15-18H,12-14,19-25H2,1-5H3,(H2,34,35,39). The number of amides is 2. The normalized spacial score (nSPS) is 11.9. The van der Waals surface area contributed by atoms with Gasteiger partial charge < -0.3 is 24.4 Å². The summed E-state index contributed by atoms with van der Waals surface area (Å²) in [6.07, 6.45) is -0.536. The molecule has 0 aliphatic carbocycles. The molecule has 12 heteroatoms. The van der Waals surface area contributed by atoms with Crippen LogP contribution in [0.1, 0.15) is 64.0 Å². The highest BCUT2D eigenvalue weighted by atomic mass is 28.4. The molecule has 0 saturated carbocycles. The number of ether oxygens (including phenoxy) is 3. The van der Waals surface area contributed by atoms with Crippen LogP contribution in [-0.4, -0.2) is 62.9 Å². The lowest BCUT2D eigenvalue weighted by atomic mass is 10.2. The number of carbonyl (C=O) groups is 4. The van der Waals surface area contributed by atoms with Crippen LogP contribution in [0.5, 0.6) is 0 Å². The second kappa shape index (κ2) is 18.7. The number of ketones is 1. The van der Waals surface area contributed by atoms with E-state index in [1.165, 1.54) is 0 Å². The van der Waals surface area contributed by atoms with Gasteiger partial charge in [0.05, 0.1) is 6.61 Å². The van der Waals surface area contributed by atoms with Gasteiger partial charge in [0, 0.05) is 19.6 Å². The first-order valence-electron chi connectivity index (χ1n) is 15.1. The first kappa shape index (κ1) is 37.2. The number of hydrogen-bond donors (Lipinski definition) is 1. The maximum atomic E-state index is 12.9. The average Bonchev–Trinajstić information content (AvgIpc) is 2.99. The van der Waals surface area contributed by atoms with Gasteiger partial charge in [0.15, 0.2) is 8.32 Å². The summed E-state index contributed by atoms with van der Waals surface area (Å²) in [6.45, 7) is 11.3. The second-order valence-electron chi connectivity index (χ2n) is 12.1. The number of esters is 1. The molecule has 0 bridgehead atoms. The van der Waals surface area contributed by atoms with Gasteiger partial charge in [-0.1, -0.05) is 81.4 Å². The second-order valence-corrected chi connectivity index (χ2v) is 16.9. The summed E-state index contributed by atoms with van der Waals surface area (Å²) in [5.41, 5.74) is 7.56. The van der Waals surface area contributed by atoms with E-state index in [0.29, 0.717) is 25.9 Å². The zero-order chi connectivity index (χ0) is 33.3. The molecule has 2 aromatic rings. The van der Waals surface area contributed by atoms with Crippen LogP contribution in [-0.2, 0) is 41.4 Å². The minimum absolute atomic E-state index is 0.00401. The zero-order valence-electron chi connectivity index (χ0n) is 27.1. The van der Waals surface area contributed by atoms with Crippen LogP contribution in [0.25, 0.3) is 0 Å². The van der Waals surface area contributed by atoms with Gasteiger partial charge in [0.25, 0.3) is 0 Å². The number of benzene rings is 2. The number of hydrogen-bond acceptors (Lipinski definition) is 8. The number of rotatable bonds is 16. The van der Waals surface area contributed by atoms with Crippen molar-refractivity contribution in [2.24, 2.45) is 10.7 Å². The highest BCUT2D eigenvalue weighted by Crippen LogP contribution is 2.36. The maximum absolute atomic E-state index is 12.9.